The van der Waals surface area contributed by atoms with E-state index in [-0.39, 0.29) is 11.6 Å². The molecule has 0 spiro atoms. The molecule has 0 radical (unpaired) electrons. The van der Waals surface area contributed by atoms with Gasteiger partial charge in [0, 0.05) is 6.20 Å². The van der Waals surface area contributed by atoms with E-state index in [1.807, 2.05) is 0 Å². The van der Waals surface area contributed by atoms with Gasteiger partial charge in [-0.1, -0.05) is 18.2 Å². The molecule has 7 atom stereocenters. The van der Waals surface area contributed by atoms with Crippen molar-refractivity contribution in [3.63, 3.8) is 0 Å². The summed E-state index contributed by atoms with van der Waals surface area (Å²) in [6.07, 6.45) is -4.81. The molecule has 0 amide bonds. The van der Waals surface area contributed by atoms with Crippen molar-refractivity contribution in [1.82, 2.24) is 14.6 Å². The normalized spacial score (nSPS) is 27.5. The Labute approximate surface area is 200 Å². The van der Waals surface area contributed by atoms with Crippen molar-refractivity contribution in [3.8, 4) is 5.75 Å². The summed E-state index contributed by atoms with van der Waals surface area (Å²) in [5.74, 6) is -0.640. The molecule has 7 unspecified atom stereocenters. The molecule has 1 aliphatic heterocycles. The molecular formula is C21H28FN4O8P. The Hall–Kier alpha value is -2.83. The lowest BCUT2D eigenvalue weighted by molar-refractivity contribution is -0.142. The minimum absolute atomic E-state index is 0.0663. The highest BCUT2D eigenvalue weighted by atomic mass is 31.2. The van der Waals surface area contributed by atoms with Crippen molar-refractivity contribution in [2.75, 3.05) is 12.8 Å². The number of hydrogen-bond donors (Lipinski definition) is 3. The summed E-state index contributed by atoms with van der Waals surface area (Å²) in [5, 5.41) is 13.2. The minimum Gasteiger partial charge on any atom is -0.468 e. The van der Waals surface area contributed by atoms with Crippen LogP contribution in [0.5, 0.6) is 5.75 Å². The number of ether oxygens (including phenoxy) is 2. The first kappa shape index (κ1) is 26.8. The topological polar surface area (TPSA) is 164 Å². The Kier molecular flexibility index (Phi) is 7.97. The Bertz CT molecular complexity index is 1150. The van der Waals surface area contributed by atoms with Crippen LogP contribution in [0.4, 0.5) is 10.2 Å². The molecular weight excluding hydrogens is 486 g/mol. The van der Waals surface area contributed by atoms with E-state index in [2.05, 4.69) is 14.8 Å². The smallest absolute Gasteiger partial charge is 0.459 e. The third-order valence-electron chi connectivity index (χ3n) is 5.41. The molecule has 2 aromatic rings. The number of anilines is 1. The standard InChI is InChI=1S/C21H28FN4O8P/c1-12(18(28)31-4)25-35(30,34-14-8-6-5-7-9-14)33-13(2)16-17(27)21(3,22)19(32-16)26-11-10-15(23)24-20(26)29/h5-13,16-17,19,27H,1-4H3,(H,25,30)(H2,23,24,29). The molecule has 0 aliphatic carbocycles. The Morgan fingerprint density at radius 2 is 2.00 bits per heavy atom. The summed E-state index contributed by atoms with van der Waals surface area (Å²) in [6, 6.07) is 8.19. The summed E-state index contributed by atoms with van der Waals surface area (Å²) in [7, 11) is -3.15. The van der Waals surface area contributed by atoms with Gasteiger partial charge in [-0.05, 0) is 39.0 Å². The van der Waals surface area contributed by atoms with Gasteiger partial charge < -0.3 is 24.8 Å². The molecule has 1 fully saturated rings. The first-order valence-electron chi connectivity index (χ1n) is 10.6. The number of benzene rings is 1. The number of nitrogens with two attached hydrogens (primary N) is 1. The quantitative estimate of drug-likeness (QED) is 0.328. The van der Waals surface area contributed by atoms with Crippen LogP contribution in [-0.2, 0) is 23.4 Å². The SMILES string of the molecule is COC(=O)C(C)NP(=O)(Oc1ccccc1)OC(C)C1OC(n2ccc(N)nc2=O)C(C)(F)C1O. The van der Waals surface area contributed by atoms with Crippen LogP contribution in [0.1, 0.15) is 27.0 Å². The Morgan fingerprint density at radius 1 is 1.34 bits per heavy atom. The van der Waals surface area contributed by atoms with E-state index in [9.17, 15) is 19.3 Å². The highest BCUT2D eigenvalue weighted by Crippen LogP contribution is 2.49. The fraction of sp³-hybridized carbons (Fsp3) is 0.476. The van der Waals surface area contributed by atoms with Gasteiger partial charge in [0.25, 0.3) is 0 Å². The van der Waals surface area contributed by atoms with Gasteiger partial charge in [-0.15, -0.1) is 0 Å². The fourth-order valence-electron chi connectivity index (χ4n) is 3.58. The summed E-state index contributed by atoms with van der Waals surface area (Å²) in [6.45, 7) is 3.81. The van der Waals surface area contributed by atoms with E-state index in [0.717, 1.165) is 18.6 Å². The average molecular weight is 514 g/mol. The fourth-order valence-corrected chi connectivity index (χ4v) is 5.27. The average Bonchev–Trinajstić information content (AvgIpc) is 3.02. The zero-order valence-corrected chi connectivity index (χ0v) is 20.4. The number of hydrogen-bond acceptors (Lipinski definition) is 10. The number of halogens is 1. The number of carbonyl (C=O) groups excluding carboxylic acids is 1. The predicted octanol–water partition coefficient (Wildman–Crippen LogP) is 1.56. The number of aromatic nitrogens is 2. The minimum atomic E-state index is -4.31. The van der Waals surface area contributed by atoms with Gasteiger partial charge in [0.1, 0.15) is 29.8 Å². The van der Waals surface area contributed by atoms with Crippen LogP contribution < -0.4 is 21.0 Å². The number of alkyl halides is 1. The van der Waals surface area contributed by atoms with Crippen molar-refractivity contribution >= 4 is 19.5 Å². The molecule has 1 aliphatic rings. The number of nitrogens with zero attached hydrogens (tertiary/aromatic N) is 2. The first-order valence-corrected chi connectivity index (χ1v) is 12.2. The van der Waals surface area contributed by atoms with Gasteiger partial charge in [-0.2, -0.15) is 10.1 Å². The van der Waals surface area contributed by atoms with E-state index in [1.165, 1.54) is 38.2 Å². The van der Waals surface area contributed by atoms with Gasteiger partial charge >= 0.3 is 19.4 Å². The number of methoxy groups -OCH3 is 1. The number of nitrogen functional groups attached to an aromatic ring is 1. The van der Waals surface area contributed by atoms with Gasteiger partial charge in [-0.25, -0.2) is 13.8 Å². The van der Waals surface area contributed by atoms with Gasteiger partial charge in [0.2, 0.25) is 0 Å². The second-order valence-corrected chi connectivity index (χ2v) is 9.82. The number of nitrogens with one attached hydrogen (secondary N) is 1. The van der Waals surface area contributed by atoms with Crippen molar-refractivity contribution < 1.29 is 37.4 Å². The van der Waals surface area contributed by atoms with Crippen molar-refractivity contribution in [2.45, 2.75) is 57.0 Å². The Morgan fingerprint density at radius 3 is 2.60 bits per heavy atom. The summed E-state index contributed by atoms with van der Waals surface area (Å²) < 4.78 is 51.5. The summed E-state index contributed by atoms with van der Waals surface area (Å²) >= 11 is 0. The van der Waals surface area contributed by atoms with Gasteiger partial charge in [0.05, 0.1) is 13.2 Å². The molecule has 35 heavy (non-hydrogen) atoms. The molecule has 0 bridgehead atoms. The van der Waals surface area contributed by atoms with Crippen LogP contribution in [0.3, 0.4) is 0 Å². The van der Waals surface area contributed by atoms with Crippen LogP contribution in [0.15, 0.2) is 47.4 Å². The van der Waals surface area contributed by atoms with Crippen molar-refractivity contribution in [1.29, 1.82) is 0 Å². The van der Waals surface area contributed by atoms with Gasteiger partial charge in [0.15, 0.2) is 11.9 Å². The van der Waals surface area contributed by atoms with Gasteiger partial charge in [-0.3, -0.25) is 13.9 Å². The summed E-state index contributed by atoms with van der Waals surface area (Å²) in [5.41, 5.74) is 2.15. The molecule has 4 N–H and O–H groups in total. The predicted molar refractivity (Wildman–Crippen MR) is 122 cm³/mol. The van der Waals surface area contributed by atoms with Crippen LogP contribution in [0, 0.1) is 0 Å². The number of carbonyl (C=O) groups is 1. The van der Waals surface area contributed by atoms with E-state index in [0.29, 0.717) is 0 Å². The van der Waals surface area contributed by atoms with E-state index in [1.54, 1.807) is 18.2 Å². The monoisotopic (exact) mass is 514 g/mol. The molecule has 1 aromatic heterocycles. The van der Waals surface area contributed by atoms with E-state index < -0.39 is 55.7 Å². The van der Waals surface area contributed by atoms with Crippen LogP contribution in [0.25, 0.3) is 0 Å². The molecule has 0 saturated carbocycles. The molecule has 3 rings (SSSR count). The lowest BCUT2D eigenvalue weighted by Crippen LogP contribution is -2.45. The number of aliphatic hydroxyl groups excluding tert-OH is 1. The molecule has 12 nitrogen and oxygen atoms in total. The van der Waals surface area contributed by atoms with E-state index in [4.69, 9.17) is 19.5 Å². The molecule has 2 heterocycles. The molecule has 1 aromatic carbocycles. The number of para-hydroxylation sites is 1. The number of rotatable bonds is 9. The third-order valence-corrected chi connectivity index (χ3v) is 7.17. The van der Waals surface area contributed by atoms with Crippen LogP contribution in [-0.4, -0.2) is 57.8 Å². The second kappa shape index (κ2) is 10.4. The largest absolute Gasteiger partial charge is 0.468 e. The van der Waals surface area contributed by atoms with Crippen molar-refractivity contribution in [3.05, 3.63) is 53.1 Å². The third kappa shape index (κ3) is 5.88. The number of esters is 1. The molecule has 14 heteroatoms. The maximum atomic E-state index is 15.6. The van der Waals surface area contributed by atoms with Crippen LogP contribution in [0.2, 0.25) is 0 Å². The van der Waals surface area contributed by atoms with E-state index >= 15 is 4.39 Å². The van der Waals surface area contributed by atoms with Crippen LogP contribution >= 0.6 is 7.75 Å². The Balaban J connectivity index is 1.86. The molecule has 1 saturated heterocycles. The number of aliphatic hydroxyl groups is 1. The first-order chi connectivity index (χ1) is 16.4. The summed E-state index contributed by atoms with van der Waals surface area (Å²) in [4.78, 5) is 27.7. The maximum Gasteiger partial charge on any atom is 0.459 e. The highest BCUT2D eigenvalue weighted by Gasteiger charge is 2.57. The highest BCUT2D eigenvalue weighted by molar-refractivity contribution is 7.52. The molecule has 192 valence electrons. The zero-order valence-electron chi connectivity index (χ0n) is 19.5. The lowest BCUT2D eigenvalue weighted by Gasteiger charge is -2.29. The lowest BCUT2D eigenvalue weighted by atomic mass is 9.96. The maximum absolute atomic E-state index is 15.6. The second-order valence-electron chi connectivity index (χ2n) is 8.18. The van der Waals surface area contributed by atoms with Crippen molar-refractivity contribution in [2.24, 2.45) is 0 Å². The zero-order chi connectivity index (χ0) is 26.0.